The Hall–Kier alpha value is -3.81. The molecular formula is C30H39N5O3. The number of nitrogens with zero attached hydrogens (tertiary/aromatic N) is 3. The average molecular weight is 518 g/mol. The van der Waals surface area contributed by atoms with E-state index in [1.165, 1.54) is 5.56 Å². The summed E-state index contributed by atoms with van der Waals surface area (Å²) in [6.07, 6.45) is 2.34. The van der Waals surface area contributed by atoms with Gasteiger partial charge in [0.25, 0.3) is 0 Å². The maximum absolute atomic E-state index is 13.0. The van der Waals surface area contributed by atoms with Gasteiger partial charge in [-0.3, -0.25) is 0 Å². The Morgan fingerprint density at radius 1 is 1.13 bits per heavy atom. The summed E-state index contributed by atoms with van der Waals surface area (Å²) in [7, 11) is 0. The van der Waals surface area contributed by atoms with E-state index in [9.17, 15) is 9.59 Å². The van der Waals surface area contributed by atoms with Gasteiger partial charge in [-0.1, -0.05) is 44.2 Å². The summed E-state index contributed by atoms with van der Waals surface area (Å²) in [5.74, 6) is 0.585. The largest absolute Gasteiger partial charge is 0.444 e. The van der Waals surface area contributed by atoms with Gasteiger partial charge in [0.2, 0.25) is 0 Å². The van der Waals surface area contributed by atoms with Gasteiger partial charge in [-0.05, 0) is 69.7 Å². The topological polar surface area (TPSA) is 102 Å². The molecule has 3 N–H and O–H groups in total. The fourth-order valence-electron chi connectivity index (χ4n) is 4.84. The van der Waals surface area contributed by atoms with Crippen molar-refractivity contribution in [3.63, 3.8) is 0 Å². The number of nitrogens with two attached hydrogens (primary N) is 1. The van der Waals surface area contributed by atoms with E-state index in [1.54, 1.807) is 4.90 Å². The van der Waals surface area contributed by atoms with Crippen molar-refractivity contribution in [2.75, 3.05) is 11.9 Å². The van der Waals surface area contributed by atoms with Crippen LogP contribution in [0.2, 0.25) is 0 Å². The van der Waals surface area contributed by atoms with E-state index in [2.05, 4.69) is 49.0 Å². The summed E-state index contributed by atoms with van der Waals surface area (Å²) in [5.41, 5.74) is 12.7. The molecule has 3 aromatic rings. The molecule has 8 heteroatoms. The van der Waals surface area contributed by atoms with Crippen LogP contribution in [0.4, 0.5) is 15.3 Å². The number of ether oxygens (including phenoxy) is 1. The minimum absolute atomic E-state index is 0.323. The highest BCUT2D eigenvalue weighted by Gasteiger charge is 2.31. The molecule has 0 radical (unpaired) electrons. The molecule has 1 aromatic heterocycles. The van der Waals surface area contributed by atoms with Crippen LogP contribution in [-0.4, -0.2) is 39.0 Å². The van der Waals surface area contributed by atoms with Gasteiger partial charge in [-0.2, -0.15) is 5.10 Å². The number of nitrogens with one attached hydrogen (secondary N) is 1. The first-order valence-electron chi connectivity index (χ1n) is 13.3. The second kappa shape index (κ2) is 10.9. The Balaban J connectivity index is 1.84. The molecule has 2 aromatic carbocycles. The molecule has 0 atom stereocenters. The number of amides is 3. The molecule has 0 spiro atoms. The first-order valence-corrected chi connectivity index (χ1v) is 13.3. The Labute approximate surface area is 225 Å². The van der Waals surface area contributed by atoms with Crippen LogP contribution in [0.3, 0.4) is 0 Å². The number of urea groups is 1. The number of carbonyl (C=O) groups is 2. The highest BCUT2D eigenvalue weighted by Crippen LogP contribution is 2.36. The molecule has 0 bridgehead atoms. The van der Waals surface area contributed by atoms with Crippen molar-refractivity contribution in [1.82, 2.24) is 14.7 Å². The van der Waals surface area contributed by atoms with Crippen LogP contribution in [0, 0.1) is 12.8 Å². The van der Waals surface area contributed by atoms with Gasteiger partial charge >= 0.3 is 12.1 Å². The van der Waals surface area contributed by atoms with Crippen LogP contribution in [0.25, 0.3) is 16.9 Å². The van der Waals surface area contributed by atoms with Crippen LogP contribution < -0.4 is 11.1 Å². The smallest absolute Gasteiger partial charge is 0.410 e. The van der Waals surface area contributed by atoms with Gasteiger partial charge in [0.1, 0.15) is 5.60 Å². The van der Waals surface area contributed by atoms with Crippen molar-refractivity contribution in [3.05, 3.63) is 64.8 Å². The Morgan fingerprint density at radius 3 is 2.47 bits per heavy atom. The lowest BCUT2D eigenvalue weighted by Crippen LogP contribution is -2.39. The van der Waals surface area contributed by atoms with Crippen LogP contribution in [0.15, 0.2) is 42.5 Å². The number of primary amides is 1. The molecule has 202 valence electrons. The van der Waals surface area contributed by atoms with Crippen molar-refractivity contribution in [3.8, 4) is 16.9 Å². The Kier molecular flexibility index (Phi) is 7.81. The predicted molar refractivity (Wildman–Crippen MR) is 150 cm³/mol. The monoisotopic (exact) mass is 517 g/mol. The third-order valence-corrected chi connectivity index (χ3v) is 6.64. The lowest BCUT2D eigenvalue weighted by atomic mass is 9.97. The molecule has 8 nitrogen and oxygen atoms in total. The number of fused-ring (bicyclic) bond motifs is 1. The van der Waals surface area contributed by atoms with Gasteiger partial charge in [0.15, 0.2) is 0 Å². The fourth-order valence-corrected chi connectivity index (χ4v) is 4.84. The third-order valence-electron chi connectivity index (χ3n) is 6.64. The van der Waals surface area contributed by atoms with E-state index in [4.69, 9.17) is 15.6 Å². The molecule has 0 saturated heterocycles. The number of anilines is 1. The minimum Gasteiger partial charge on any atom is -0.444 e. The van der Waals surface area contributed by atoms with E-state index in [0.29, 0.717) is 31.1 Å². The summed E-state index contributed by atoms with van der Waals surface area (Å²) < 4.78 is 7.74. The van der Waals surface area contributed by atoms with E-state index >= 15 is 0 Å². The molecule has 0 unspecified atom stereocenters. The zero-order chi connectivity index (χ0) is 27.6. The van der Waals surface area contributed by atoms with Crippen LogP contribution in [0.1, 0.15) is 63.4 Å². The number of hydrogen-bond donors (Lipinski definition) is 2. The first-order chi connectivity index (χ1) is 17.9. The van der Waals surface area contributed by atoms with Crippen molar-refractivity contribution < 1.29 is 14.3 Å². The molecule has 1 aliphatic heterocycles. The van der Waals surface area contributed by atoms with E-state index in [-0.39, 0.29) is 6.09 Å². The van der Waals surface area contributed by atoms with Crippen molar-refractivity contribution >= 4 is 17.8 Å². The minimum atomic E-state index is -0.608. The summed E-state index contributed by atoms with van der Waals surface area (Å²) in [6, 6.07) is 13.4. The SMILES string of the molecule is Cc1cccc(CCC(C)C)c1-n1nc2c(c1-c1ccc(NC(N)=O)cc1)CN(C(=O)OC(C)(C)C)CC2. The van der Waals surface area contributed by atoms with Gasteiger partial charge in [0.05, 0.1) is 23.6 Å². The molecule has 4 rings (SSSR count). The van der Waals surface area contributed by atoms with Crippen molar-refractivity contribution in [2.45, 2.75) is 73.0 Å². The maximum Gasteiger partial charge on any atom is 0.410 e. The van der Waals surface area contributed by atoms with Gasteiger partial charge in [-0.15, -0.1) is 0 Å². The molecular weight excluding hydrogens is 478 g/mol. The lowest BCUT2D eigenvalue weighted by molar-refractivity contribution is 0.0224. The molecule has 38 heavy (non-hydrogen) atoms. The number of benzene rings is 2. The molecule has 0 aliphatic carbocycles. The van der Waals surface area contributed by atoms with Gasteiger partial charge in [0, 0.05) is 29.8 Å². The lowest BCUT2D eigenvalue weighted by Gasteiger charge is -2.30. The highest BCUT2D eigenvalue weighted by atomic mass is 16.6. The first kappa shape index (κ1) is 27.2. The van der Waals surface area contributed by atoms with E-state index < -0.39 is 11.6 Å². The van der Waals surface area contributed by atoms with Crippen molar-refractivity contribution in [2.24, 2.45) is 11.7 Å². The average Bonchev–Trinajstić information content (AvgIpc) is 3.20. The molecule has 0 fully saturated rings. The van der Waals surface area contributed by atoms with E-state index in [0.717, 1.165) is 46.6 Å². The second-order valence-electron chi connectivity index (χ2n) is 11.4. The number of hydrogen-bond acceptors (Lipinski definition) is 4. The maximum atomic E-state index is 13.0. The third kappa shape index (κ3) is 6.18. The Morgan fingerprint density at radius 2 is 1.84 bits per heavy atom. The number of carbonyl (C=O) groups excluding carboxylic acids is 2. The summed E-state index contributed by atoms with van der Waals surface area (Å²) in [5, 5.41) is 7.76. The predicted octanol–water partition coefficient (Wildman–Crippen LogP) is 6.22. The molecule has 1 aliphatic rings. The normalized spacial score (nSPS) is 13.4. The standard InChI is InChI=1S/C30H39N5O3/c1-19(2)10-11-21-9-7-8-20(3)26(21)35-27(22-12-14-23(15-13-22)32-28(31)36)24-18-34(17-16-25(24)33-35)29(37)38-30(4,5)6/h7-9,12-15,19H,10-11,16-18H2,1-6H3,(H3,31,32,36). The summed E-state index contributed by atoms with van der Waals surface area (Å²) in [6.45, 7) is 13.2. The molecule has 3 amide bonds. The van der Waals surface area contributed by atoms with Crippen LogP contribution in [-0.2, 0) is 24.1 Å². The number of aryl methyl sites for hydroxylation is 2. The molecule has 2 heterocycles. The Bertz CT molecular complexity index is 1320. The summed E-state index contributed by atoms with van der Waals surface area (Å²) >= 11 is 0. The number of rotatable bonds is 6. The molecule has 0 saturated carbocycles. The highest BCUT2D eigenvalue weighted by molar-refractivity contribution is 5.88. The quantitative estimate of drug-likeness (QED) is 0.405. The zero-order valence-corrected chi connectivity index (χ0v) is 23.3. The number of para-hydroxylation sites is 1. The van der Waals surface area contributed by atoms with Crippen LogP contribution >= 0.6 is 0 Å². The van der Waals surface area contributed by atoms with Gasteiger partial charge < -0.3 is 20.7 Å². The fraction of sp³-hybridized carbons (Fsp3) is 0.433. The number of aromatic nitrogens is 2. The van der Waals surface area contributed by atoms with E-state index in [1.807, 2.05) is 45.0 Å². The summed E-state index contributed by atoms with van der Waals surface area (Å²) in [4.78, 5) is 26.1. The second-order valence-corrected chi connectivity index (χ2v) is 11.4. The van der Waals surface area contributed by atoms with Crippen LogP contribution in [0.5, 0.6) is 0 Å². The van der Waals surface area contributed by atoms with Gasteiger partial charge in [-0.25, -0.2) is 14.3 Å². The zero-order valence-electron chi connectivity index (χ0n) is 23.3. The van der Waals surface area contributed by atoms with Crippen molar-refractivity contribution in [1.29, 1.82) is 0 Å².